The average molecular weight is 1020 g/mol. The van der Waals surface area contributed by atoms with Crippen molar-refractivity contribution in [2.24, 2.45) is 20.5 Å². The first-order chi connectivity index (χ1) is 30.2. The Morgan fingerprint density at radius 1 is 0.409 bits per heavy atom. The van der Waals surface area contributed by atoms with Gasteiger partial charge in [-0.1, -0.05) is 24.3 Å². The van der Waals surface area contributed by atoms with Crippen molar-refractivity contribution in [2.45, 2.75) is 29.4 Å². The third-order valence-electron chi connectivity index (χ3n) is 8.93. The smallest absolute Gasteiger partial charge is 0.154 e. The monoisotopic (exact) mass is 1020 g/mol. The van der Waals surface area contributed by atoms with Gasteiger partial charge in [0.25, 0.3) is 0 Å². The van der Waals surface area contributed by atoms with Gasteiger partial charge >= 0.3 is 0 Å². The number of nitrogens with zero attached hydrogens (tertiary/aromatic N) is 4. The van der Waals surface area contributed by atoms with Crippen molar-refractivity contribution >= 4 is 129 Å². The summed E-state index contributed by atoms with van der Waals surface area (Å²) >= 11 is 0. The molecule has 0 heterocycles. The van der Waals surface area contributed by atoms with Crippen molar-refractivity contribution in [3.8, 4) is 11.5 Å². The number of azo groups is 2. The minimum atomic E-state index is -5.58. The van der Waals surface area contributed by atoms with Crippen molar-refractivity contribution in [3.05, 3.63) is 83.9 Å². The van der Waals surface area contributed by atoms with Gasteiger partial charge in [0.05, 0.1) is 40.7 Å². The Labute approximate surface area is 371 Å². The highest BCUT2D eigenvalue weighted by molar-refractivity contribution is 7.87. The molecular formula is C34H20N6O20S6-6. The number of phenolic OH excluding ortho intramolecular Hbond substituents is 2. The predicted octanol–water partition coefficient (Wildman–Crippen LogP) is 2.99. The third kappa shape index (κ3) is 10.1. The van der Waals surface area contributed by atoms with E-state index >= 15 is 0 Å². The minimum Gasteiger partial charge on any atom is -0.744 e. The van der Waals surface area contributed by atoms with E-state index in [2.05, 4.69) is 20.5 Å². The molecule has 6 rings (SSSR count). The second kappa shape index (κ2) is 16.7. The molecule has 32 heteroatoms. The fraction of sp³-hybridized carbons (Fsp3) is 0. The van der Waals surface area contributed by atoms with Gasteiger partial charge in [-0.25, -0.2) is 50.5 Å². The lowest BCUT2D eigenvalue weighted by atomic mass is 10.1. The molecule has 0 aliphatic heterocycles. The van der Waals surface area contributed by atoms with Crippen LogP contribution in [0.5, 0.6) is 11.5 Å². The molecule has 0 saturated heterocycles. The van der Waals surface area contributed by atoms with Gasteiger partial charge in [-0.05, 0) is 82.6 Å². The Balaban J connectivity index is 1.40. The Bertz CT molecular complexity index is 3660. The molecule has 0 unspecified atom stereocenters. The van der Waals surface area contributed by atoms with Crippen LogP contribution in [-0.4, -0.2) is 88.0 Å². The first kappa shape index (κ1) is 48.9. The van der Waals surface area contributed by atoms with Gasteiger partial charge in [0.1, 0.15) is 72.1 Å². The zero-order valence-corrected chi connectivity index (χ0v) is 36.6. The zero-order chi connectivity index (χ0) is 49.3. The molecular weight excluding hydrogens is 1000 g/mol. The van der Waals surface area contributed by atoms with Crippen LogP contribution in [0, 0.1) is 0 Å². The van der Waals surface area contributed by atoms with E-state index in [9.17, 15) is 88.0 Å². The van der Waals surface area contributed by atoms with Crippen molar-refractivity contribution in [3.63, 3.8) is 0 Å². The lowest BCUT2D eigenvalue weighted by molar-refractivity contribution is 0.457. The predicted molar refractivity (Wildman–Crippen MR) is 218 cm³/mol. The zero-order valence-electron chi connectivity index (χ0n) is 31.7. The SMILES string of the molecule is Nc1cc(S(=O)(=O)[O-])cc2cc(S(=O)(=O)[O-])c(N=Nc3ccc(/C=C/c4ccc(N=Nc5c(S(=O)(=O)[O-])cc6cc(S(=O)(=O)[O-])cc(N)c6c5O)cc4S(=O)(=O)[O-])c(S(=O)(=O)[O-])c3)c(O)c12. The molecule has 26 nitrogen and oxygen atoms in total. The van der Waals surface area contributed by atoms with Gasteiger partial charge in [-0.15, -0.1) is 10.2 Å². The molecule has 0 amide bonds. The van der Waals surface area contributed by atoms with Crippen LogP contribution in [0.3, 0.4) is 0 Å². The molecule has 6 N–H and O–H groups in total. The van der Waals surface area contributed by atoms with Gasteiger partial charge in [0.2, 0.25) is 0 Å². The van der Waals surface area contributed by atoms with E-state index in [1.165, 1.54) is 0 Å². The summed E-state index contributed by atoms with van der Waals surface area (Å²) in [5.41, 5.74) is 6.13. The number of benzene rings is 6. The summed E-state index contributed by atoms with van der Waals surface area (Å²) < 4.78 is 216. The van der Waals surface area contributed by atoms with Gasteiger partial charge in [0.15, 0.2) is 11.5 Å². The minimum absolute atomic E-state index is 0.485. The van der Waals surface area contributed by atoms with Crippen LogP contribution in [0.1, 0.15) is 11.1 Å². The molecule has 0 aliphatic rings. The number of hydrogen-bond acceptors (Lipinski definition) is 26. The van der Waals surface area contributed by atoms with Crippen LogP contribution < -0.4 is 11.5 Å². The Morgan fingerprint density at radius 2 is 0.727 bits per heavy atom. The second-order valence-electron chi connectivity index (χ2n) is 13.3. The summed E-state index contributed by atoms with van der Waals surface area (Å²) in [5, 5.41) is 34.0. The van der Waals surface area contributed by atoms with E-state index in [0.29, 0.717) is 48.5 Å². The molecule has 0 spiro atoms. The van der Waals surface area contributed by atoms with Crippen LogP contribution >= 0.6 is 0 Å². The summed E-state index contributed by atoms with van der Waals surface area (Å²) in [7, 11) is -32.5. The standard InChI is InChI=1S/C34H26N6O20S6/c35-23-13-21(61(43,44)45)7-17-9-27(65(55,56)57)31(33(41)29(17)23)39-37-19-5-3-15(25(11-19)63(49,50)51)1-2-16-4-6-20(12-26(16)64(52,53)54)38-40-32-28(66(58,59)60)10-18-8-22(62(46,47)48)14-24(36)30(18)34(32)42/h1-14,41-42H,35-36H2,(H,43,44,45)(H,46,47,48)(H,49,50,51)(H,52,53,54)(H,55,56,57)(H,58,59,60)/p-6/b2-1+,39-37?,40-38?. The van der Waals surface area contributed by atoms with E-state index in [-0.39, 0.29) is 0 Å². The molecule has 0 saturated carbocycles. The second-order valence-corrected chi connectivity index (χ2v) is 21.4. The maximum Gasteiger partial charge on any atom is 0.154 e. The summed E-state index contributed by atoms with van der Waals surface area (Å²) in [6.45, 7) is 0. The van der Waals surface area contributed by atoms with Crippen molar-refractivity contribution in [1.82, 2.24) is 0 Å². The molecule has 0 bridgehead atoms. The first-order valence-corrected chi connectivity index (χ1v) is 25.3. The lowest BCUT2D eigenvalue weighted by Crippen LogP contribution is -2.03. The molecule has 0 atom stereocenters. The summed E-state index contributed by atoms with van der Waals surface area (Å²) in [4.78, 5) is -6.69. The Morgan fingerprint density at radius 3 is 1.02 bits per heavy atom. The van der Waals surface area contributed by atoms with E-state index < -0.39 is 168 Å². The van der Waals surface area contributed by atoms with Crippen molar-refractivity contribution in [2.75, 3.05) is 11.5 Å². The number of hydrogen-bond donors (Lipinski definition) is 4. The van der Waals surface area contributed by atoms with Crippen LogP contribution in [-0.2, 0) is 60.7 Å². The van der Waals surface area contributed by atoms with Crippen LogP contribution in [0.4, 0.5) is 34.1 Å². The highest BCUT2D eigenvalue weighted by atomic mass is 32.2. The number of rotatable bonds is 12. The van der Waals surface area contributed by atoms with E-state index in [4.69, 9.17) is 11.5 Å². The Kier molecular flexibility index (Phi) is 12.4. The summed E-state index contributed by atoms with van der Waals surface area (Å²) in [6.07, 6.45) is 1.67. The maximum absolute atomic E-state index is 12.3. The van der Waals surface area contributed by atoms with Gasteiger partial charge in [-0.3, -0.25) is 0 Å². The fourth-order valence-corrected chi connectivity index (χ4v) is 9.88. The van der Waals surface area contributed by atoms with Gasteiger partial charge < -0.3 is 49.0 Å². The lowest BCUT2D eigenvalue weighted by Gasteiger charge is -2.16. The van der Waals surface area contributed by atoms with E-state index in [1.54, 1.807) is 0 Å². The molecule has 0 aromatic heterocycles. The third-order valence-corrected chi connectivity index (χ3v) is 14.0. The highest BCUT2D eigenvalue weighted by Gasteiger charge is 2.23. The molecule has 0 radical (unpaired) electrons. The number of anilines is 2. The molecule has 6 aromatic carbocycles. The number of nitrogens with two attached hydrogens (primary N) is 2. The summed E-state index contributed by atoms with van der Waals surface area (Å²) in [5.74, 6) is -2.30. The van der Waals surface area contributed by atoms with Crippen molar-refractivity contribution < 1.29 is 88.0 Å². The van der Waals surface area contributed by atoms with Crippen LogP contribution in [0.15, 0.2) is 123 Å². The number of nitrogen functional groups attached to an aromatic ring is 2. The number of aromatic hydroxyl groups is 2. The van der Waals surface area contributed by atoms with Crippen molar-refractivity contribution in [1.29, 1.82) is 0 Å². The summed E-state index contributed by atoms with van der Waals surface area (Å²) in [6, 6.07) is 8.36. The Hall–Kier alpha value is -6.56. The number of fused-ring (bicyclic) bond motifs is 2. The molecule has 348 valence electrons. The largest absolute Gasteiger partial charge is 0.744 e. The van der Waals surface area contributed by atoms with E-state index in [1.807, 2.05) is 0 Å². The number of phenols is 2. The quantitative estimate of drug-likeness (QED) is 0.0592. The van der Waals surface area contributed by atoms with Crippen LogP contribution in [0.2, 0.25) is 0 Å². The topological polar surface area (TPSA) is 485 Å². The maximum atomic E-state index is 12.3. The average Bonchev–Trinajstić information content (AvgIpc) is 3.16. The molecule has 0 fully saturated rings. The molecule has 6 aromatic rings. The van der Waals surface area contributed by atoms with Gasteiger partial charge in [0, 0.05) is 22.1 Å². The van der Waals surface area contributed by atoms with Crippen LogP contribution in [0.25, 0.3) is 33.7 Å². The molecule has 0 aliphatic carbocycles. The highest BCUT2D eigenvalue weighted by Crippen LogP contribution is 2.46. The molecule has 66 heavy (non-hydrogen) atoms. The normalized spacial score (nSPS) is 13.5. The van der Waals surface area contributed by atoms with E-state index in [0.717, 1.165) is 36.4 Å². The van der Waals surface area contributed by atoms with Gasteiger partial charge in [-0.2, -0.15) is 10.2 Å². The first-order valence-electron chi connectivity index (χ1n) is 16.9. The fourth-order valence-electron chi connectivity index (χ4n) is 6.12.